The SMILES string of the molecule is CCOc1c(Br)cc(C(=O)NC(C)(CN)CC(C)C)cc1OC. The van der Waals surface area contributed by atoms with Crippen molar-refractivity contribution in [3.05, 3.63) is 22.2 Å². The smallest absolute Gasteiger partial charge is 0.251 e. The summed E-state index contributed by atoms with van der Waals surface area (Å²) in [6.07, 6.45) is 0.810. The Morgan fingerprint density at radius 3 is 2.57 bits per heavy atom. The first-order chi connectivity index (χ1) is 10.8. The molecule has 3 N–H and O–H groups in total. The number of carbonyl (C=O) groups excluding carboxylic acids is 1. The van der Waals surface area contributed by atoms with Crippen LogP contribution in [0.15, 0.2) is 16.6 Å². The molecule has 0 bridgehead atoms. The maximum absolute atomic E-state index is 12.6. The summed E-state index contributed by atoms with van der Waals surface area (Å²) in [7, 11) is 1.55. The highest BCUT2D eigenvalue weighted by molar-refractivity contribution is 9.10. The van der Waals surface area contributed by atoms with Crippen molar-refractivity contribution in [1.29, 1.82) is 0 Å². The molecule has 1 amide bonds. The van der Waals surface area contributed by atoms with Crippen LogP contribution in [0.25, 0.3) is 0 Å². The second-order valence-electron chi connectivity index (χ2n) is 6.24. The summed E-state index contributed by atoms with van der Waals surface area (Å²) >= 11 is 3.44. The molecule has 0 saturated heterocycles. The number of hydrogen-bond donors (Lipinski definition) is 2. The minimum atomic E-state index is -0.441. The van der Waals surface area contributed by atoms with E-state index in [1.807, 2.05) is 13.8 Å². The van der Waals surface area contributed by atoms with Crippen LogP contribution in [0.5, 0.6) is 11.5 Å². The maximum atomic E-state index is 12.6. The summed E-state index contributed by atoms with van der Waals surface area (Å²) in [4.78, 5) is 12.6. The topological polar surface area (TPSA) is 73.6 Å². The van der Waals surface area contributed by atoms with Crippen molar-refractivity contribution in [2.75, 3.05) is 20.3 Å². The zero-order valence-electron chi connectivity index (χ0n) is 14.5. The molecular weight excluding hydrogens is 360 g/mol. The van der Waals surface area contributed by atoms with Gasteiger partial charge in [0.2, 0.25) is 0 Å². The van der Waals surface area contributed by atoms with Gasteiger partial charge in [-0.2, -0.15) is 0 Å². The van der Waals surface area contributed by atoms with Crippen LogP contribution in [-0.4, -0.2) is 31.7 Å². The lowest BCUT2D eigenvalue weighted by atomic mass is 9.90. The zero-order valence-corrected chi connectivity index (χ0v) is 16.1. The first kappa shape index (κ1) is 19.8. The molecule has 1 rings (SSSR count). The molecular formula is C17H27BrN2O3. The molecule has 130 valence electrons. The minimum absolute atomic E-state index is 0.180. The van der Waals surface area contributed by atoms with Gasteiger partial charge < -0.3 is 20.5 Å². The first-order valence-corrected chi connectivity index (χ1v) is 8.58. The lowest BCUT2D eigenvalue weighted by molar-refractivity contribution is 0.0897. The predicted molar refractivity (Wildman–Crippen MR) is 96.2 cm³/mol. The van der Waals surface area contributed by atoms with Crippen LogP contribution in [0.3, 0.4) is 0 Å². The average Bonchev–Trinajstić information content (AvgIpc) is 2.48. The molecule has 0 aromatic heterocycles. The van der Waals surface area contributed by atoms with Crippen molar-refractivity contribution in [2.45, 2.75) is 39.7 Å². The highest BCUT2D eigenvalue weighted by atomic mass is 79.9. The summed E-state index contributed by atoms with van der Waals surface area (Å²) in [6, 6.07) is 3.41. The van der Waals surface area contributed by atoms with E-state index in [2.05, 4.69) is 35.1 Å². The monoisotopic (exact) mass is 386 g/mol. The molecule has 23 heavy (non-hydrogen) atoms. The molecule has 0 spiro atoms. The largest absolute Gasteiger partial charge is 0.493 e. The highest BCUT2D eigenvalue weighted by Crippen LogP contribution is 2.36. The summed E-state index contributed by atoms with van der Waals surface area (Å²) in [5, 5.41) is 3.04. The Balaban J connectivity index is 3.06. The predicted octanol–water partition coefficient (Wildman–Crippen LogP) is 3.35. The number of nitrogens with one attached hydrogen (secondary N) is 1. The number of nitrogens with two attached hydrogens (primary N) is 1. The third-order valence-corrected chi connectivity index (χ3v) is 4.09. The molecule has 0 aliphatic rings. The number of methoxy groups -OCH3 is 1. The van der Waals surface area contributed by atoms with Gasteiger partial charge in [0.15, 0.2) is 11.5 Å². The van der Waals surface area contributed by atoms with Crippen molar-refractivity contribution in [3.8, 4) is 11.5 Å². The third-order valence-electron chi connectivity index (χ3n) is 3.50. The quantitative estimate of drug-likeness (QED) is 0.718. The molecule has 1 aromatic carbocycles. The van der Waals surface area contributed by atoms with Gasteiger partial charge in [-0.15, -0.1) is 0 Å². The summed E-state index contributed by atoms with van der Waals surface area (Å²) in [5.74, 6) is 1.37. The van der Waals surface area contributed by atoms with E-state index in [0.717, 1.165) is 6.42 Å². The van der Waals surface area contributed by atoms with Crippen LogP contribution in [0.1, 0.15) is 44.5 Å². The molecule has 1 atom stereocenters. The summed E-state index contributed by atoms with van der Waals surface area (Å²) in [5.41, 5.74) is 5.92. The molecule has 0 aliphatic carbocycles. The van der Waals surface area contributed by atoms with E-state index in [1.54, 1.807) is 19.2 Å². The van der Waals surface area contributed by atoms with Crippen LogP contribution < -0.4 is 20.5 Å². The number of ether oxygens (including phenoxy) is 2. The van der Waals surface area contributed by atoms with Gasteiger partial charge in [-0.05, 0) is 54.2 Å². The van der Waals surface area contributed by atoms with E-state index in [9.17, 15) is 4.79 Å². The number of carbonyl (C=O) groups is 1. The van der Waals surface area contributed by atoms with Crippen LogP contribution in [0.2, 0.25) is 0 Å². The fourth-order valence-electron chi connectivity index (χ4n) is 2.57. The van der Waals surface area contributed by atoms with Gasteiger partial charge in [0.1, 0.15) is 0 Å². The van der Waals surface area contributed by atoms with E-state index < -0.39 is 5.54 Å². The molecule has 5 nitrogen and oxygen atoms in total. The Morgan fingerprint density at radius 2 is 2.09 bits per heavy atom. The van der Waals surface area contributed by atoms with Gasteiger partial charge in [0, 0.05) is 17.6 Å². The Morgan fingerprint density at radius 1 is 1.43 bits per heavy atom. The van der Waals surface area contributed by atoms with E-state index >= 15 is 0 Å². The highest BCUT2D eigenvalue weighted by Gasteiger charge is 2.27. The molecule has 0 radical (unpaired) electrons. The second kappa shape index (κ2) is 8.55. The molecule has 1 aromatic rings. The lowest BCUT2D eigenvalue weighted by Gasteiger charge is -2.31. The van der Waals surface area contributed by atoms with Crippen molar-refractivity contribution >= 4 is 21.8 Å². The molecule has 1 unspecified atom stereocenters. The van der Waals surface area contributed by atoms with Crippen LogP contribution >= 0.6 is 15.9 Å². The van der Waals surface area contributed by atoms with Gasteiger partial charge in [0.25, 0.3) is 5.91 Å². The Hall–Kier alpha value is -1.27. The normalized spacial score (nSPS) is 13.6. The minimum Gasteiger partial charge on any atom is -0.493 e. The van der Waals surface area contributed by atoms with Gasteiger partial charge in [-0.3, -0.25) is 4.79 Å². The number of halogens is 1. The van der Waals surface area contributed by atoms with Crippen molar-refractivity contribution < 1.29 is 14.3 Å². The van der Waals surface area contributed by atoms with E-state index in [0.29, 0.717) is 40.6 Å². The standard InChI is InChI=1S/C17H27BrN2O3/c1-6-23-15-13(18)7-12(8-14(15)22-5)16(21)20-17(4,10-19)9-11(2)3/h7-8,11H,6,9-10,19H2,1-5H3,(H,20,21). The van der Waals surface area contributed by atoms with Crippen molar-refractivity contribution in [3.63, 3.8) is 0 Å². The molecule has 0 heterocycles. The van der Waals surface area contributed by atoms with Gasteiger partial charge in [-0.1, -0.05) is 13.8 Å². The van der Waals surface area contributed by atoms with Gasteiger partial charge in [0.05, 0.1) is 18.2 Å². The third kappa shape index (κ3) is 5.39. The number of amides is 1. The van der Waals surface area contributed by atoms with E-state index in [4.69, 9.17) is 15.2 Å². The lowest BCUT2D eigenvalue weighted by Crippen LogP contribution is -2.52. The second-order valence-corrected chi connectivity index (χ2v) is 7.09. The van der Waals surface area contributed by atoms with E-state index in [1.165, 1.54) is 0 Å². The van der Waals surface area contributed by atoms with Crippen LogP contribution in [-0.2, 0) is 0 Å². The number of hydrogen-bond acceptors (Lipinski definition) is 4. The summed E-state index contributed by atoms with van der Waals surface area (Å²) in [6.45, 7) is 8.97. The Bertz CT molecular complexity index is 549. The fourth-order valence-corrected chi connectivity index (χ4v) is 3.12. The molecule has 0 saturated carbocycles. The zero-order chi connectivity index (χ0) is 17.6. The van der Waals surface area contributed by atoms with Gasteiger partial charge in [-0.25, -0.2) is 0 Å². The molecule has 0 aliphatic heterocycles. The Kier molecular flexibility index (Phi) is 7.35. The number of rotatable bonds is 8. The molecule has 0 fully saturated rings. The van der Waals surface area contributed by atoms with Crippen molar-refractivity contribution in [2.24, 2.45) is 11.7 Å². The van der Waals surface area contributed by atoms with Gasteiger partial charge >= 0.3 is 0 Å². The van der Waals surface area contributed by atoms with Crippen LogP contribution in [0, 0.1) is 5.92 Å². The summed E-state index contributed by atoms with van der Waals surface area (Å²) < 4.78 is 11.6. The maximum Gasteiger partial charge on any atom is 0.251 e. The van der Waals surface area contributed by atoms with Crippen molar-refractivity contribution in [1.82, 2.24) is 5.32 Å². The van der Waals surface area contributed by atoms with Crippen LogP contribution in [0.4, 0.5) is 0 Å². The fraction of sp³-hybridized carbons (Fsp3) is 0.588. The Labute approximate surface area is 147 Å². The molecule has 6 heteroatoms. The average molecular weight is 387 g/mol. The van der Waals surface area contributed by atoms with E-state index in [-0.39, 0.29) is 5.91 Å². The number of benzene rings is 1. The first-order valence-electron chi connectivity index (χ1n) is 7.79.